The van der Waals surface area contributed by atoms with Crippen LogP contribution in [0.1, 0.15) is 66.2 Å². The lowest BCUT2D eigenvalue weighted by molar-refractivity contribution is -0.148. The second-order valence-corrected chi connectivity index (χ2v) is 12.1. The van der Waals surface area contributed by atoms with E-state index in [4.69, 9.17) is 14.2 Å². The standard InChI is InChI=1S/C26H41N3O7/c1-7-16-12-26(16,23(32)35-6)28-21(30)19-11-18(34-5)13-29(19)22(31)20(25(2,3)4)27-24(33)36-17-9-14-8-15(14)10-17/h14-20H,7-13H2,1-6H3,(H,27,33)(H,28,30)/t14-,15+,16-,17?,18?,19+,20-,26-/m1/s1. The highest BCUT2D eigenvalue weighted by molar-refractivity contribution is 5.96. The second kappa shape index (κ2) is 9.84. The van der Waals surface area contributed by atoms with Crippen molar-refractivity contribution in [3.63, 3.8) is 0 Å². The van der Waals surface area contributed by atoms with Gasteiger partial charge in [0.25, 0.3) is 0 Å². The Hall–Kier alpha value is -2.36. The van der Waals surface area contributed by atoms with Crippen LogP contribution in [0.25, 0.3) is 0 Å². The fourth-order valence-corrected chi connectivity index (χ4v) is 6.10. The Morgan fingerprint density at radius 1 is 1.03 bits per heavy atom. The number of nitrogens with zero attached hydrogens (tertiary/aromatic N) is 1. The highest BCUT2D eigenvalue weighted by Crippen LogP contribution is 2.52. The van der Waals surface area contributed by atoms with Gasteiger partial charge in [0.2, 0.25) is 11.8 Å². The molecule has 3 aliphatic carbocycles. The van der Waals surface area contributed by atoms with Gasteiger partial charge in [-0.3, -0.25) is 9.59 Å². The van der Waals surface area contributed by atoms with Gasteiger partial charge in [-0.2, -0.15) is 0 Å². The minimum absolute atomic E-state index is 0.00180. The van der Waals surface area contributed by atoms with Gasteiger partial charge in [-0.05, 0) is 48.9 Å². The number of likely N-dealkylation sites (tertiary alicyclic amines) is 1. The number of rotatable bonds is 8. The molecule has 1 heterocycles. The number of hydrogen-bond acceptors (Lipinski definition) is 7. The lowest BCUT2D eigenvalue weighted by Gasteiger charge is -2.35. The van der Waals surface area contributed by atoms with E-state index in [1.54, 1.807) is 7.11 Å². The van der Waals surface area contributed by atoms with Crippen molar-refractivity contribution in [2.75, 3.05) is 20.8 Å². The number of esters is 1. The van der Waals surface area contributed by atoms with Gasteiger partial charge in [0.15, 0.2) is 0 Å². The lowest BCUT2D eigenvalue weighted by atomic mass is 9.85. The molecular formula is C26H41N3O7. The summed E-state index contributed by atoms with van der Waals surface area (Å²) in [5.74, 6) is 0.0870. The molecule has 0 aromatic rings. The van der Waals surface area contributed by atoms with Crippen LogP contribution in [0.5, 0.6) is 0 Å². The molecule has 0 bridgehead atoms. The molecule has 10 heteroatoms. The van der Waals surface area contributed by atoms with E-state index in [9.17, 15) is 19.2 Å². The van der Waals surface area contributed by atoms with E-state index in [-0.39, 0.29) is 30.6 Å². The van der Waals surface area contributed by atoms with Crippen molar-refractivity contribution in [2.45, 2.75) is 96.1 Å². The van der Waals surface area contributed by atoms with Crippen molar-refractivity contribution < 1.29 is 33.4 Å². The van der Waals surface area contributed by atoms with E-state index in [0.717, 1.165) is 19.3 Å². The molecule has 0 spiro atoms. The minimum Gasteiger partial charge on any atom is -0.467 e. The molecule has 3 saturated carbocycles. The molecule has 36 heavy (non-hydrogen) atoms. The molecule has 10 nitrogen and oxygen atoms in total. The van der Waals surface area contributed by atoms with Crippen molar-refractivity contribution >= 4 is 23.9 Å². The summed E-state index contributed by atoms with van der Waals surface area (Å²) < 4.78 is 16.1. The third kappa shape index (κ3) is 5.19. The molecule has 1 aliphatic heterocycles. The third-order valence-electron chi connectivity index (χ3n) is 8.52. The molecule has 0 aromatic carbocycles. The maximum Gasteiger partial charge on any atom is 0.408 e. The minimum atomic E-state index is -1.05. The van der Waals surface area contributed by atoms with Crippen LogP contribution in [0.4, 0.5) is 4.79 Å². The van der Waals surface area contributed by atoms with Crippen LogP contribution in [0.15, 0.2) is 0 Å². The van der Waals surface area contributed by atoms with E-state index in [1.165, 1.54) is 18.4 Å². The molecule has 4 fully saturated rings. The Bertz CT molecular complexity index is 892. The maximum atomic E-state index is 13.8. The average molecular weight is 508 g/mol. The van der Waals surface area contributed by atoms with Gasteiger partial charge < -0.3 is 29.7 Å². The molecule has 4 aliphatic rings. The second-order valence-electron chi connectivity index (χ2n) is 12.1. The van der Waals surface area contributed by atoms with E-state index in [1.807, 2.05) is 27.7 Å². The normalized spacial score (nSPS) is 35.4. The first kappa shape index (κ1) is 26.7. The molecule has 4 rings (SSSR count). The predicted octanol–water partition coefficient (Wildman–Crippen LogP) is 2.00. The van der Waals surface area contributed by atoms with Gasteiger partial charge in [0.1, 0.15) is 23.7 Å². The van der Waals surface area contributed by atoms with E-state index in [2.05, 4.69) is 10.6 Å². The van der Waals surface area contributed by atoms with Gasteiger partial charge in [-0.15, -0.1) is 0 Å². The van der Waals surface area contributed by atoms with Crippen LogP contribution in [-0.2, 0) is 28.6 Å². The van der Waals surface area contributed by atoms with Crippen LogP contribution in [-0.4, -0.2) is 79.4 Å². The van der Waals surface area contributed by atoms with Crippen molar-refractivity contribution in [1.29, 1.82) is 0 Å². The van der Waals surface area contributed by atoms with Gasteiger partial charge in [0, 0.05) is 20.1 Å². The van der Waals surface area contributed by atoms with Crippen molar-refractivity contribution in [3.8, 4) is 0 Å². The number of methoxy groups -OCH3 is 2. The highest BCUT2D eigenvalue weighted by atomic mass is 16.6. The lowest BCUT2D eigenvalue weighted by Crippen LogP contribution is -2.59. The Morgan fingerprint density at radius 3 is 2.22 bits per heavy atom. The first-order chi connectivity index (χ1) is 16.9. The molecule has 0 radical (unpaired) electrons. The molecule has 3 amide bonds. The Balaban J connectivity index is 1.47. The average Bonchev–Trinajstić information content (AvgIpc) is 3.62. The van der Waals surface area contributed by atoms with Gasteiger partial charge in [-0.1, -0.05) is 34.1 Å². The Labute approximate surface area is 213 Å². The zero-order valence-corrected chi connectivity index (χ0v) is 22.3. The van der Waals surface area contributed by atoms with Crippen molar-refractivity contribution in [1.82, 2.24) is 15.5 Å². The number of ether oxygens (including phenoxy) is 3. The summed E-state index contributed by atoms with van der Waals surface area (Å²) in [6.07, 6.45) is 3.49. The highest BCUT2D eigenvalue weighted by Gasteiger charge is 2.62. The van der Waals surface area contributed by atoms with Gasteiger partial charge in [-0.25, -0.2) is 9.59 Å². The first-order valence-corrected chi connectivity index (χ1v) is 13.1. The van der Waals surface area contributed by atoms with Crippen molar-refractivity contribution in [2.24, 2.45) is 23.2 Å². The summed E-state index contributed by atoms with van der Waals surface area (Å²) in [7, 11) is 2.85. The molecule has 8 atom stereocenters. The number of amides is 3. The van der Waals surface area contributed by atoms with Crippen LogP contribution < -0.4 is 10.6 Å². The van der Waals surface area contributed by atoms with E-state index >= 15 is 0 Å². The molecular weight excluding hydrogens is 466 g/mol. The fraction of sp³-hybridized carbons (Fsp3) is 0.846. The van der Waals surface area contributed by atoms with Crippen LogP contribution >= 0.6 is 0 Å². The van der Waals surface area contributed by atoms with Gasteiger partial charge in [0.05, 0.1) is 13.2 Å². The number of nitrogens with one attached hydrogen (secondary N) is 2. The zero-order valence-electron chi connectivity index (χ0n) is 22.3. The van der Waals surface area contributed by atoms with Crippen LogP contribution in [0.3, 0.4) is 0 Å². The monoisotopic (exact) mass is 507 g/mol. The molecule has 2 N–H and O–H groups in total. The molecule has 2 unspecified atom stereocenters. The molecule has 0 aromatic heterocycles. The smallest absolute Gasteiger partial charge is 0.408 e. The number of hydrogen-bond donors (Lipinski definition) is 2. The molecule has 1 saturated heterocycles. The van der Waals surface area contributed by atoms with Crippen molar-refractivity contribution in [3.05, 3.63) is 0 Å². The first-order valence-electron chi connectivity index (χ1n) is 13.1. The topological polar surface area (TPSA) is 123 Å². The number of alkyl carbamates (subject to hydrolysis) is 1. The quantitative estimate of drug-likeness (QED) is 0.482. The maximum absolute atomic E-state index is 13.8. The number of carbonyl (C=O) groups is 4. The van der Waals surface area contributed by atoms with E-state index < -0.39 is 41.0 Å². The summed E-state index contributed by atoms with van der Waals surface area (Å²) in [4.78, 5) is 54.0. The van der Waals surface area contributed by atoms with E-state index in [0.29, 0.717) is 24.7 Å². The SMILES string of the molecule is CC[C@@H]1C[C@]1(NC(=O)[C@@H]1CC(OC)CN1C(=O)[C@@H](NC(=O)OC1C[C@@H]2C[C@@H]2C1)C(C)(C)C)C(=O)OC. The zero-order chi connectivity index (χ0) is 26.4. The third-order valence-corrected chi connectivity index (χ3v) is 8.52. The summed E-state index contributed by atoms with van der Waals surface area (Å²) in [5.41, 5.74) is -1.68. The largest absolute Gasteiger partial charge is 0.467 e. The summed E-state index contributed by atoms with van der Waals surface area (Å²) in [5, 5.41) is 5.68. The summed E-state index contributed by atoms with van der Waals surface area (Å²) in [6, 6.07) is -1.72. The summed E-state index contributed by atoms with van der Waals surface area (Å²) in [6.45, 7) is 7.76. The Kier molecular flexibility index (Phi) is 7.29. The number of fused-ring (bicyclic) bond motifs is 1. The Morgan fingerprint density at radius 2 is 1.69 bits per heavy atom. The summed E-state index contributed by atoms with van der Waals surface area (Å²) >= 11 is 0. The van der Waals surface area contributed by atoms with Crippen LogP contribution in [0, 0.1) is 23.2 Å². The number of carbonyl (C=O) groups excluding carboxylic acids is 4. The molecule has 202 valence electrons. The predicted molar refractivity (Wildman–Crippen MR) is 130 cm³/mol. The fourth-order valence-electron chi connectivity index (χ4n) is 6.10. The van der Waals surface area contributed by atoms with Crippen LogP contribution in [0.2, 0.25) is 0 Å². The van der Waals surface area contributed by atoms with Gasteiger partial charge >= 0.3 is 12.1 Å².